The third-order valence-electron chi connectivity index (χ3n) is 3.11. The second-order valence-corrected chi connectivity index (χ2v) is 4.55. The van der Waals surface area contributed by atoms with Crippen LogP contribution >= 0.6 is 0 Å². The molecular weight excluding hydrogens is 252 g/mol. The van der Waals surface area contributed by atoms with Crippen molar-refractivity contribution in [3.05, 3.63) is 65.5 Å². The van der Waals surface area contributed by atoms with Crippen molar-refractivity contribution in [3.8, 4) is 0 Å². The Labute approximate surface area is 118 Å². The molecule has 1 atom stereocenters. The molecule has 0 saturated heterocycles. The maximum Gasteiger partial charge on any atom is 0.188 e. The maximum absolute atomic E-state index is 8.65. The number of nitrogens with one attached hydrogen (secondary N) is 1. The molecule has 0 bridgehead atoms. The van der Waals surface area contributed by atoms with Gasteiger partial charge in [-0.15, -0.1) is 0 Å². The van der Waals surface area contributed by atoms with Crippen LogP contribution in [0.2, 0.25) is 0 Å². The Morgan fingerprint density at radius 1 is 1.35 bits per heavy atom. The number of rotatable bonds is 5. The number of aromatic nitrogens is 1. The van der Waals surface area contributed by atoms with E-state index < -0.39 is 0 Å². The zero-order valence-corrected chi connectivity index (χ0v) is 11.3. The highest BCUT2D eigenvalue weighted by Gasteiger charge is 2.06. The lowest BCUT2D eigenvalue weighted by Gasteiger charge is -2.14. The minimum atomic E-state index is 0.0166. The van der Waals surface area contributed by atoms with Gasteiger partial charge in [-0.1, -0.05) is 35.5 Å². The Morgan fingerprint density at radius 3 is 2.80 bits per heavy atom. The largest absolute Gasteiger partial charge is 0.409 e. The Morgan fingerprint density at radius 2 is 2.10 bits per heavy atom. The van der Waals surface area contributed by atoms with Crippen molar-refractivity contribution >= 4 is 5.84 Å². The average Bonchev–Trinajstić information content (AvgIpc) is 2.53. The van der Waals surface area contributed by atoms with Crippen molar-refractivity contribution in [3.63, 3.8) is 0 Å². The van der Waals surface area contributed by atoms with E-state index in [1.165, 1.54) is 5.56 Å². The third kappa shape index (κ3) is 3.55. The van der Waals surface area contributed by atoms with Gasteiger partial charge in [-0.25, -0.2) is 0 Å². The molecule has 0 radical (unpaired) electrons. The third-order valence-corrected chi connectivity index (χ3v) is 3.11. The fraction of sp³-hybridized carbons (Fsp3) is 0.200. The number of oxime groups is 1. The minimum Gasteiger partial charge on any atom is -0.409 e. The van der Waals surface area contributed by atoms with Gasteiger partial charge in [0.2, 0.25) is 0 Å². The monoisotopic (exact) mass is 270 g/mol. The van der Waals surface area contributed by atoms with Gasteiger partial charge in [0, 0.05) is 18.8 Å². The van der Waals surface area contributed by atoms with Gasteiger partial charge in [0.05, 0.1) is 0 Å². The summed E-state index contributed by atoms with van der Waals surface area (Å²) in [5.74, 6) is 0.0166. The second-order valence-electron chi connectivity index (χ2n) is 4.55. The molecule has 1 heterocycles. The Hall–Kier alpha value is -2.40. The van der Waals surface area contributed by atoms with Crippen LogP contribution in [0.1, 0.15) is 29.8 Å². The lowest BCUT2D eigenvalue weighted by molar-refractivity contribution is 0.318. The summed E-state index contributed by atoms with van der Waals surface area (Å²) < 4.78 is 0. The molecule has 1 unspecified atom stereocenters. The molecule has 1 aromatic heterocycles. The molecular formula is C15H18N4O. The molecule has 0 aliphatic rings. The number of amidine groups is 1. The molecule has 4 N–H and O–H groups in total. The molecule has 5 nitrogen and oxygen atoms in total. The normalized spacial score (nSPS) is 13.2. The number of pyridine rings is 1. The van der Waals surface area contributed by atoms with E-state index in [-0.39, 0.29) is 11.9 Å². The predicted octanol–water partition coefficient (Wildman–Crippen LogP) is 2.03. The van der Waals surface area contributed by atoms with Gasteiger partial charge < -0.3 is 16.3 Å². The number of hydrogen-bond donors (Lipinski definition) is 3. The minimum absolute atomic E-state index is 0.0166. The number of benzene rings is 1. The predicted molar refractivity (Wildman–Crippen MR) is 78.4 cm³/mol. The fourth-order valence-electron chi connectivity index (χ4n) is 1.91. The van der Waals surface area contributed by atoms with Crippen LogP contribution in [0.3, 0.4) is 0 Å². The van der Waals surface area contributed by atoms with Crippen LogP contribution in [0.15, 0.2) is 53.8 Å². The first-order valence-electron chi connectivity index (χ1n) is 6.42. The molecule has 0 amide bonds. The number of hydrogen-bond acceptors (Lipinski definition) is 4. The van der Waals surface area contributed by atoms with Crippen molar-refractivity contribution in [1.29, 1.82) is 0 Å². The van der Waals surface area contributed by atoms with E-state index in [0.717, 1.165) is 5.56 Å². The van der Waals surface area contributed by atoms with E-state index >= 15 is 0 Å². The van der Waals surface area contributed by atoms with Gasteiger partial charge in [0.1, 0.15) is 5.69 Å². The first-order chi connectivity index (χ1) is 9.70. The zero-order chi connectivity index (χ0) is 14.4. The highest BCUT2D eigenvalue weighted by molar-refractivity contribution is 5.95. The summed E-state index contributed by atoms with van der Waals surface area (Å²) in [6.07, 6.45) is 1.65. The SMILES string of the molecule is CC(NCc1ccnc(C(N)=NO)c1)c1ccccc1. The van der Waals surface area contributed by atoms with Crippen LogP contribution in [0.5, 0.6) is 0 Å². The summed E-state index contributed by atoms with van der Waals surface area (Å²) >= 11 is 0. The maximum atomic E-state index is 8.65. The lowest BCUT2D eigenvalue weighted by atomic mass is 10.1. The highest BCUT2D eigenvalue weighted by atomic mass is 16.4. The standard InChI is InChI=1S/C15H18N4O/c1-11(13-5-3-2-4-6-13)18-10-12-7-8-17-14(9-12)15(16)19-20/h2-9,11,18,20H,10H2,1H3,(H2,16,19). The van der Waals surface area contributed by atoms with Gasteiger partial charge in [-0.3, -0.25) is 4.98 Å². The quantitative estimate of drug-likeness (QED) is 0.336. The van der Waals surface area contributed by atoms with Gasteiger partial charge >= 0.3 is 0 Å². The van der Waals surface area contributed by atoms with Crippen molar-refractivity contribution in [1.82, 2.24) is 10.3 Å². The lowest BCUT2D eigenvalue weighted by Crippen LogP contribution is -2.19. The summed E-state index contributed by atoms with van der Waals surface area (Å²) in [7, 11) is 0. The summed E-state index contributed by atoms with van der Waals surface area (Å²) in [6.45, 7) is 2.80. The topological polar surface area (TPSA) is 83.5 Å². The van der Waals surface area contributed by atoms with E-state index in [9.17, 15) is 0 Å². The van der Waals surface area contributed by atoms with Crippen molar-refractivity contribution in [2.45, 2.75) is 19.5 Å². The Bertz CT molecular complexity index is 583. The van der Waals surface area contributed by atoms with Crippen molar-refractivity contribution in [2.75, 3.05) is 0 Å². The summed E-state index contributed by atoms with van der Waals surface area (Å²) in [5, 5.41) is 15.0. The Balaban J connectivity index is 2.01. The molecule has 5 heteroatoms. The molecule has 104 valence electrons. The van der Waals surface area contributed by atoms with E-state index in [1.54, 1.807) is 12.3 Å². The summed E-state index contributed by atoms with van der Waals surface area (Å²) in [5.41, 5.74) is 8.27. The first-order valence-corrected chi connectivity index (χ1v) is 6.42. The van der Waals surface area contributed by atoms with Gasteiger partial charge in [-0.05, 0) is 30.2 Å². The van der Waals surface area contributed by atoms with E-state index in [0.29, 0.717) is 12.2 Å². The molecule has 0 saturated carbocycles. The van der Waals surface area contributed by atoms with Gasteiger partial charge in [-0.2, -0.15) is 0 Å². The van der Waals surface area contributed by atoms with Crippen LogP contribution in [0.25, 0.3) is 0 Å². The molecule has 20 heavy (non-hydrogen) atoms. The molecule has 0 aliphatic heterocycles. The van der Waals surface area contributed by atoms with E-state index in [2.05, 4.69) is 34.5 Å². The Kier molecular flexibility index (Phi) is 4.68. The fourth-order valence-corrected chi connectivity index (χ4v) is 1.91. The van der Waals surface area contributed by atoms with E-state index in [4.69, 9.17) is 10.9 Å². The van der Waals surface area contributed by atoms with Gasteiger partial charge in [0.25, 0.3) is 0 Å². The zero-order valence-electron chi connectivity index (χ0n) is 11.3. The van der Waals surface area contributed by atoms with Gasteiger partial charge in [0.15, 0.2) is 5.84 Å². The highest BCUT2D eigenvalue weighted by Crippen LogP contribution is 2.12. The number of nitrogens with zero attached hydrogens (tertiary/aromatic N) is 2. The van der Waals surface area contributed by atoms with Crippen LogP contribution < -0.4 is 11.1 Å². The molecule has 1 aromatic carbocycles. The van der Waals surface area contributed by atoms with E-state index in [1.807, 2.05) is 24.3 Å². The average molecular weight is 270 g/mol. The van der Waals surface area contributed by atoms with Crippen LogP contribution in [-0.4, -0.2) is 16.0 Å². The second kappa shape index (κ2) is 6.68. The molecule has 0 aliphatic carbocycles. The van der Waals surface area contributed by atoms with Crippen molar-refractivity contribution < 1.29 is 5.21 Å². The molecule has 0 fully saturated rings. The summed E-state index contributed by atoms with van der Waals surface area (Å²) in [6, 6.07) is 14.2. The smallest absolute Gasteiger partial charge is 0.188 e. The van der Waals surface area contributed by atoms with Crippen molar-refractivity contribution in [2.24, 2.45) is 10.9 Å². The number of nitrogens with two attached hydrogens (primary N) is 1. The first kappa shape index (κ1) is 14.0. The van der Waals surface area contributed by atoms with Crippen LogP contribution in [0, 0.1) is 0 Å². The molecule has 2 aromatic rings. The molecule has 2 rings (SSSR count). The van der Waals surface area contributed by atoms with Crippen LogP contribution in [-0.2, 0) is 6.54 Å². The summed E-state index contributed by atoms with van der Waals surface area (Å²) in [4.78, 5) is 4.05. The van der Waals surface area contributed by atoms with Crippen LogP contribution in [0.4, 0.5) is 0 Å². The molecule has 0 spiro atoms.